The molecule has 1 atom stereocenters. The number of nitrogens with zero attached hydrogens (tertiary/aromatic N) is 1. The third kappa shape index (κ3) is 2.88. The van der Waals surface area contributed by atoms with Crippen molar-refractivity contribution in [3.8, 4) is 0 Å². The van der Waals surface area contributed by atoms with E-state index in [4.69, 9.17) is 23.2 Å². The summed E-state index contributed by atoms with van der Waals surface area (Å²) in [6.45, 7) is 0. The molecule has 2 nitrogen and oxygen atoms in total. The van der Waals surface area contributed by atoms with Gasteiger partial charge in [0.05, 0.1) is 21.8 Å². The molecule has 0 aromatic carbocycles. The zero-order chi connectivity index (χ0) is 11.5. The quantitative estimate of drug-likeness (QED) is 0.890. The largest absolute Gasteiger partial charge is 0.387 e. The van der Waals surface area contributed by atoms with Crippen LogP contribution in [0.1, 0.15) is 43.9 Å². The van der Waals surface area contributed by atoms with E-state index in [1.165, 1.54) is 31.9 Å². The molecule has 1 heterocycles. The third-order valence-corrected chi connectivity index (χ3v) is 3.69. The number of aliphatic hydroxyl groups excluding tert-OH is 1. The monoisotopic (exact) mass is 259 g/mol. The standard InChI is InChI=1S/C12H15Cl2NO/c13-9-6-10(14)12(15-7-9)11(16)5-8-3-1-2-4-8/h6-8,11,16H,1-5H2. The molecular weight excluding hydrogens is 245 g/mol. The van der Waals surface area contributed by atoms with Crippen molar-refractivity contribution in [1.82, 2.24) is 4.98 Å². The highest BCUT2D eigenvalue weighted by Gasteiger charge is 2.22. The number of hydrogen-bond donors (Lipinski definition) is 1. The van der Waals surface area contributed by atoms with Gasteiger partial charge in [-0.05, 0) is 18.4 Å². The summed E-state index contributed by atoms with van der Waals surface area (Å²) in [7, 11) is 0. The van der Waals surface area contributed by atoms with Crippen LogP contribution in [0.25, 0.3) is 0 Å². The lowest BCUT2D eigenvalue weighted by atomic mass is 9.98. The van der Waals surface area contributed by atoms with Crippen LogP contribution in [0.5, 0.6) is 0 Å². The lowest BCUT2D eigenvalue weighted by Crippen LogP contribution is -2.06. The maximum atomic E-state index is 10.1. The second-order valence-corrected chi connectivity index (χ2v) is 5.27. The van der Waals surface area contributed by atoms with Gasteiger partial charge in [-0.25, -0.2) is 0 Å². The van der Waals surface area contributed by atoms with Gasteiger partial charge < -0.3 is 5.11 Å². The Balaban J connectivity index is 2.04. The number of hydrogen-bond acceptors (Lipinski definition) is 2. The summed E-state index contributed by atoms with van der Waals surface area (Å²) in [6.07, 6.45) is 6.70. The van der Waals surface area contributed by atoms with Crippen molar-refractivity contribution in [2.24, 2.45) is 5.92 Å². The van der Waals surface area contributed by atoms with Gasteiger partial charge in [0.25, 0.3) is 0 Å². The van der Waals surface area contributed by atoms with E-state index in [1.807, 2.05) is 0 Å². The molecule has 1 aromatic heterocycles. The third-order valence-electron chi connectivity index (χ3n) is 3.18. The molecule has 1 aliphatic carbocycles. The Hall–Kier alpha value is -0.310. The van der Waals surface area contributed by atoms with Crippen molar-refractivity contribution in [3.63, 3.8) is 0 Å². The summed E-state index contributed by atoms with van der Waals surface area (Å²) in [5, 5.41) is 11.0. The van der Waals surface area contributed by atoms with E-state index in [1.54, 1.807) is 6.07 Å². The van der Waals surface area contributed by atoms with Crippen LogP contribution in [0.15, 0.2) is 12.3 Å². The first kappa shape index (κ1) is 12.2. The Bertz CT molecular complexity index is 364. The molecule has 88 valence electrons. The van der Waals surface area contributed by atoms with Crippen LogP contribution in [0.2, 0.25) is 10.0 Å². The van der Waals surface area contributed by atoms with Crippen LogP contribution < -0.4 is 0 Å². The molecule has 1 saturated carbocycles. The molecule has 0 amide bonds. The van der Waals surface area contributed by atoms with Gasteiger partial charge in [0.15, 0.2) is 0 Å². The first-order valence-electron chi connectivity index (χ1n) is 5.66. The fourth-order valence-electron chi connectivity index (χ4n) is 2.34. The van der Waals surface area contributed by atoms with Crippen molar-refractivity contribution in [2.75, 3.05) is 0 Å². The highest BCUT2D eigenvalue weighted by atomic mass is 35.5. The maximum absolute atomic E-state index is 10.1. The Morgan fingerprint density at radius 2 is 2.06 bits per heavy atom. The molecule has 2 rings (SSSR count). The molecule has 1 aliphatic rings. The van der Waals surface area contributed by atoms with Crippen LogP contribution in [0, 0.1) is 5.92 Å². The molecule has 1 unspecified atom stereocenters. The van der Waals surface area contributed by atoms with E-state index in [0.717, 1.165) is 6.42 Å². The van der Waals surface area contributed by atoms with Gasteiger partial charge in [-0.15, -0.1) is 0 Å². The Kier molecular flexibility index (Phi) is 4.06. The minimum atomic E-state index is -0.562. The highest BCUT2D eigenvalue weighted by molar-refractivity contribution is 6.34. The smallest absolute Gasteiger partial charge is 0.0977 e. The van der Waals surface area contributed by atoms with Crippen molar-refractivity contribution < 1.29 is 5.11 Å². The minimum Gasteiger partial charge on any atom is -0.387 e. The van der Waals surface area contributed by atoms with Crippen LogP contribution in [0.3, 0.4) is 0 Å². The van der Waals surface area contributed by atoms with Gasteiger partial charge in [-0.3, -0.25) is 4.98 Å². The van der Waals surface area contributed by atoms with Crippen LogP contribution >= 0.6 is 23.2 Å². The van der Waals surface area contributed by atoms with Crippen molar-refractivity contribution in [1.29, 1.82) is 0 Å². The summed E-state index contributed by atoms with van der Waals surface area (Å²) < 4.78 is 0. The zero-order valence-electron chi connectivity index (χ0n) is 9.00. The Morgan fingerprint density at radius 3 is 2.69 bits per heavy atom. The molecule has 0 saturated heterocycles. The van der Waals surface area contributed by atoms with E-state index in [9.17, 15) is 5.11 Å². The number of aliphatic hydroxyl groups is 1. The van der Waals surface area contributed by atoms with E-state index >= 15 is 0 Å². The van der Waals surface area contributed by atoms with Crippen molar-refractivity contribution in [2.45, 2.75) is 38.2 Å². The van der Waals surface area contributed by atoms with Crippen LogP contribution in [-0.4, -0.2) is 10.1 Å². The molecular formula is C12H15Cl2NO. The van der Waals surface area contributed by atoms with Gasteiger partial charge >= 0.3 is 0 Å². The molecule has 16 heavy (non-hydrogen) atoms. The molecule has 0 bridgehead atoms. The molecule has 1 N–H and O–H groups in total. The first-order valence-corrected chi connectivity index (χ1v) is 6.41. The van der Waals surface area contributed by atoms with Gasteiger partial charge in [-0.2, -0.15) is 0 Å². The second kappa shape index (κ2) is 5.35. The van der Waals surface area contributed by atoms with Gasteiger partial charge in [-0.1, -0.05) is 48.9 Å². The predicted octanol–water partition coefficient (Wildman–Crippen LogP) is 4.00. The SMILES string of the molecule is OC(CC1CCCC1)c1ncc(Cl)cc1Cl. The number of halogens is 2. The molecule has 1 fully saturated rings. The average molecular weight is 260 g/mol. The van der Waals surface area contributed by atoms with Gasteiger partial charge in [0, 0.05) is 6.20 Å². The van der Waals surface area contributed by atoms with E-state index < -0.39 is 6.10 Å². The topological polar surface area (TPSA) is 33.1 Å². The van der Waals surface area contributed by atoms with Gasteiger partial charge in [0.1, 0.15) is 0 Å². The van der Waals surface area contributed by atoms with E-state index in [2.05, 4.69) is 4.98 Å². The molecule has 0 spiro atoms. The predicted molar refractivity (Wildman–Crippen MR) is 65.8 cm³/mol. The minimum absolute atomic E-state index is 0.456. The molecule has 1 aromatic rings. The van der Waals surface area contributed by atoms with Crippen molar-refractivity contribution in [3.05, 3.63) is 28.0 Å². The van der Waals surface area contributed by atoms with Crippen LogP contribution in [-0.2, 0) is 0 Å². The summed E-state index contributed by atoms with van der Waals surface area (Å²) in [5.41, 5.74) is 0.554. The summed E-state index contributed by atoms with van der Waals surface area (Å²) >= 11 is 11.8. The second-order valence-electron chi connectivity index (χ2n) is 4.42. The molecule has 4 heteroatoms. The highest BCUT2D eigenvalue weighted by Crippen LogP contribution is 2.34. The average Bonchev–Trinajstić information content (AvgIpc) is 2.70. The summed E-state index contributed by atoms with van der Waals surface area (Å²) in [4.78, 5) is 4.11. The lowest BCUT2D eigenvalue weighted by molar-refractivity contribution is 0.140. The fourth-order valence-corrected chi connectivity index (χ4v) is 2.85. The van der Waals surface area contributed by atoms with Crippen LogP contribution in [0.4, 0.5) is 0 Å². The molecule has 0 aliphatic heterocycles. The first-order chi connectivity index (χ1) is 7.66. The fraction of sp³-hybridized carbons (Fsp3) is 0.583. The Labute approximate surface area is 106 Å². The zero-order valence-corrected chi connectivity index (χ0v) is 10.5. The maximum Gasteiger partial charge on any atom is 0.0977 e. The van der Waals surface area contributed by atoms with Gasteiger partial charge in [0.2, 0.25) is 0 Å². The number of rotatable bonds is 3. The van der Waals surface area contributed by atoms with E-state index in [-0.39, 0.29) is 0 Å². The summed E-state index contributed by atoms with van der Waals surface area (Å²) in [6, 6.07) is 1.63. The van der Waals surface area contributed by atoms with Crippen molar-refractivity contribution >= 4 is 23.2 Å². The molecule has 0 radical (unpaired) electrons. The normalized spacial score (nSPS) is 18.9. The number of pyridine rings is 1. The number of aromatic nitrogens is 1. The lowest BCUT2D eigenvalue weighted by Gasteiger charge is -2.15. The van der Waals surface area contributed by atoms with E-state index in [0.29, 0.717) is 21.7 Å². The summed E-state index contributed by atoms with van der Waals surface area (Å²) in [5.74, 6) is 0.614. The Morgan fingerprint density at radius 1 is 1.38 bits per heavy atom.